The molecule has 0 saturated carbocycles. The lowest BCUT2D eigenvalue weighted by atomic mass is 10.0. The quantitative estimate of drug-likeness (QED) is 0.0369. The number of rotatable bonds is 12. The minimum atomic E-state index is -0.683. The van der Waals surface area contributed by atoms with Crippen LogP contribution in [0.15, 0.2) is 116 Å². The van der Waals surface area contributed by atoms with Crippen LogP contribution in [0.3, 0.4) is 0 Å². The number of benzene rings is 4. The van der Waals surface area contributed by atoms with Gasteiger partial charge in [-0.3, -0.25) is 5.64 Å². The Morgan fingerprint density at radius 1 is 0.791 bits per heavy atom. The van der Waals surface area contributed by atoms with Crippen LogP contribution >= 0.6 is 22.6 Å². The number of carbonyl (C=O) groups excluding carboxylic acids is 2. The van der Waals surface area contributed by atoms with E-state index in [-0.39, 0.29) is 5.57 Å². The van der Waals surface area contributed by atoms with Gasteiger partial charge in [-0.1, -0.05) is 43.5 Å². The van der Waals surface area contributed by atoms with Gasteiger partial charge in [0.15, 0.2) is 0 Å². The molecule has 0 aliphatic rings. The van der Waals surface area contributed by atoms with Crippen LogP contribution in [0.2, 0.25) is 0 Å². The van der Waals surface area contributed by atoms with Crippen molar-refractivity contribution in [2.45, 2.75) is 6.92 Å². The van der Waals surface area contributed by atoms with Crippen LogP contribution in [0.4, 0.5) is 0 Å². The number of methoxy groups -OCH3 is 1. The highest BCUT2D eigenvalue weighted by Gasteiger charge is 2.06. The average Bonchev–Trinajstić information content (AvgIpc) is 3.01. The molecule has 0 aromatic heterocycles. The van der Waals surface area contributed by atoms with Crippen molar-refractivity contribution >= 4 is 46.4 Å². The van der Waals surface area contributed by atoms with Crippen LogP contribution in [0, 0.1) is 3.57 Å². The second kappa shape index (κ2) is 14.9. The Labute approximate surface area is 263 Å². The molecule has 0 atom stereocenters. The molecule has 0 spiro atoms. The lowest BCUT2D eigenvalue weighted by Gasteiger charge is -2.22. The maximum atomic E-state index is 12.4. The van der Waals surface area contributed by atoms with E-state index in [1.54, 1.807) is 61.7 Å². The van der Waals surface area contributed by atoms with E-state index in [9.17, 15) is 9.59 Å². The van der Waals surface area contributed by atoms with E-state index < -0.39 is 11.9 Å². The molecule has 0 heterocycles. The van der Waals surface area contributed by atoms with Crippen molar-refractivity contribution in [3.8, 4) is 34.1 Å². The molecule has 8 nitrogen and oxygen atoms in total. The molecule has 0 radical (unpaired) electrons. The summed E-state index contributed by atoms with van der Waals surface area (Å²) in [5.74, 6) is 1.27. The molecule has 0 bridgehead atoms. The number of ether oxygens (including phenoxy) is 3. The van der Waals surface area contributed by atoms with Crippen molar-refractivity contribution in [3.05, 3.63) is 136 Å². The molecule has 4 rings (SSSR count). The third-order valence-corrected chi connectivity index (χ3v) is 6.72. The van der Waals surface area contributed by atoms with E-state index in [0.717, 1.165) is 26.0 Å². The van der Waals surface area contributed by atoms with E-state index in [4.69, 9.17) is 19.0 Å². The van der Waals surface area contributed by atoms with Gasteiger partial charge in [-0.2, -0.15) is 0 Å². The molecule has 218 valence electrons. The summed E-state index contributed by atoms with van der Waals surface area (Å²) < 4.78 is 17.6. The monoisotopic (exact) mass is 688 g/mol. The smallest absolute Gasteiger partial charge is 0.336 e. The molecule has 4 aromatic carbocycles. The van der Waals surface area contributed by atoms with Gasteiger partial charge in [-0.25, -0.2) is 9.59 Å². The van der Waals surface area contributed by atoms with Crippen molar-refractivity contribution in [1.82, 2.24) is 0 Å². The summed E-state index contributed by atoms with van der Waals surface area (Å²) in [5.41, 5.74) is 7.18. The Hall–Kier alpha value is -4.87. The number of esters is 1. The van der Waals surface area contributed by atoms with Gasteiger partial charge in [-0.15, -0.1) is 0 Å². The highest BCUT2D eigenvalue weighted by atomic mass is 127. The van der Waals surface area contributed by atoms with Crippen molar-refractivity contribution in [2.75, 3.05) is 7.11 Å². The molecular weight excluding hydrogens is 661 g/mol. The molecule has 9 heteroatoms. The average molecular weight is 688 g/mol. The summed E-state index contributed by atoms with van der Waals surface area (Å²) in [7, 11) is 1.65. The first-order chi connectivity index (χ1) is 20.7. The fraction of sp³-hybridized carbons (Fsp3) is 0.0588. The lowest BCUT2D eigenvalue weighted by Crippen LogP contribution is -2.03. The van der Waals surface area contributed by atoms with E-state index in [0.29, 0.717) is 28.6 Å². The lowest BCUT2D eigenvalue weighted by molar-refractivity contribution is -0.138. The SMILES string of the molecule is C=C(C)C(=O)O[N-]Oc1ccc(C(=C)Oc2ccc(OC(=O)/C=C/c3ccc(-c4ccc(OC)c(I)c4)cc3)cc2)cc1. The zero-order valence-electron chi connectivity index (χ0n) is 23.4. The van der Waals surface area contributed by atoms with Gasteiger partial charge in [0.25, 0.3) is 0 Å². The number of halogens is 1. The van der Waals surface area contributed by atoms with Crippen LogP contribution in [-0.2, 0) is 14.4 Å². The number of hydrogen-bond acceptors (Lipinski definition) is 7. The van der Waals surface area contributed by atoms with Crippen molar-refractivity contribution in [1.29, 1.82) is 0 Å². The Balaban J connectivity index is 1.25. The third kappa shape index (κ3) is 9.06. The van der Waals surface area contributed by atoms with Gasteiger partial charge in [0, 0.05) is 17.2 Å². The number of hydrogen-bond donors (Lipinski definition) is 0. The molecule has 0 fully saturated rings. The Morgan fingerprint density at radius 3 is 2.00 bits per heavy atom. The Morgan fingerprint density at radius 2 is 1.40 bits per heavy atom. The molecule has 0 N–H and O–H groups in total. The number of nitrogens with zero attached hydrogens (tertiary/aromatic N) is 1. The second-order valence-electron chi connectivity index (χ2n) is 9.07. The molecule has 0 unspecified atom stereocenters. The molecular formula is C34H27INO7-. The zero-order chi connectivity index (χ0) is 30.8. The predicted molar refractivity (Wildman–Crippen MR) is 173 cm³/mol. The van der Waals surface area contributed by atoms with Crippen molar-refractivity contribution in [2.24, 2.45) is 0 Å². The molecule has 4 aromatic rings. The minimum absolute atomic E-state index is 0.206. The van der Waals surface area contributed by atoms with Crippen LogP contribution in [-0.4, -0.2) is 19.0 Å². The largest absolute Gasteiger partial charge is 0.555 e. The van der Waals surface area contributed by atoms with Crippen molar-refractivity contribution < 1.29 is 33.5 Å². The fourth-order valence-corrected chi connectivity index (χ4v) is 4.33. The van der Waals surface area contributed by atoms with E-state index >= 15 is 0 Å². The van der Waals surface area contributed by atoms with E-state index in [1.807, 2.05) is 36.4 Å². The zero-order valence-corrected chi connectivity index (χ0v) is 25.6. The van der Waals surface area contributed by atoms with Gasteiger partial charge in [0.05, 0.1) is 10.7 Å². The number of carbonyl (C=O) groups is 2. The molecule has 0 amide bonds. The summed E-state index contributed by atoms with van der Waals surface area (Å²) in [5, 5.41) is 0. The Kier molecular flexibility index (Phi) is 10.7. The van der Waals surface area contributed by atoms with E-state index in [2.05, 4.69) is 52.3 Å². The molecule has 43 heavy (non-hydrogen) atoms. The normalized spacial score (nSPS) is 10.6. The van der Waals surface area contributed by atoms with Gasteiger partial charge in [0.1, 0.15) is 28.8 Å². The van der Waals surface area contributed by atoms with Gasteiger partial charge >= 0.3 is 11.9 Å². The highest BCUT2D eigenvalue weighted by molar-refractivity contribution is 14.1. The van der Waals surface area contributed by atoms with Crippen LogP contribution in [0.25, 0.3) is 28.6 Å². The topological polar surface area (TPSA) is 94.4 Å². The van der Waals surface area contributed by atoms with Crippen LogP contribution in [0.1, 0.15) is 18.1 Å². The second-order valence-corrected chi connectivity index (χ2v) is 10.2. The first-order valence-electron chi connectivity index (χ1n) is 12.9. The summed E-state index contributed by atoms with van der Waals surface area (Å²) >= 11 is 2.25. The Bertz CT molecular complexity index is 1640. The molecule has 0 saturated heterocycles. The van der Waals surface area contributed by atoms with Crippen LogP contribution in [0.5, 0.6) is 23.0 Å². The van der Waals surface area contributed by atoms with Gasteiger partial charge in [0.2, 0.25) is 0 Å². The minimum Gasteiger partial charge on any atom is -0.555 e. The van der Waals surface area contributed by atoms with E-state index in [1.165, 1.54) is 13.0 Å². The summed E-state index contributed by atoms with van der Waals surface area (Å²) in [6.45, 7) is 8.90. The third-order valence-electron chi connectivity index (χ3n) is 5.88. The molecule has 0 aliphatic carbocycles. The summed E-state index contributed by atoms with van der Waals surface area (Å²) in [4.78, 5) is 33.2. The van der Waals surface area contributed by atoms with Crippen molar-refractivity contribution in [3.63, 3.8) is 0 Å². The maximum absolute atomic E-state index is 12.4. The first kappa shape index (κ1) is 31.1. The van der Waals surface area contributed by atoms with Crippen LogP contribution < -0.4 is 19.0 Å². The summed E-state index contributed by atoms with van der Waals surface area (Å²) in [6, 6.07) is 27.1. The molecule has 0 aliphatic heterocycles. The fourth-order valence-electron chi connectivity index (χ4n) is 3.60. The predicted octanol–water partition coefficient (Wildman–Crippen LogP) is 8.34. The van der Waals surface area contributed by atoms with Gasteiger partial charge < -0.3 is 23.9 Å². The highest BCUT2D eigenvalue weighted by Crippen LogP contribution is 2.28. The van der Waals surface area contributed by atoms with Gasteiger partial charge in [-0.05, 0) is 113 Å². The standard InChI is InChI=1S/C34H27INO7/c1-22(2)34(38)43-36-42-30-13-10-25(11-14-30)23(3)40-28-15-17-29(18-16-28)41-33(37)20-7-24-5-8-26(9-6-24)27-12-19-32(39-4)31(35)21-27/h5-21H,1,3H2,2,4H3/q-1/b20-7+. The summed E-state index contributed by atoms with van der Waals surface area (Å²) in [6.07, 6.45) is 3.08. The maximum Gasteiger partial charge on any atom is 0.336 e. The first-order valence-corrected chi connectivity index (χ1v) is 13.9.